The van der Waals surface area contributed by atoms with E-state index in [9.17, 15) is 14.4 Å². The number of urea groups is 1. The van der Waals surface area contributed by atoms with Crippen molar-refractivity contribution in [3.63, 3.8) is 0 Å². The Morgan fingerprint density at radius 2 is 1.63 bits per heavy atom. The molecule has 0 aliphatic carbocycles. The van der Waals surface area contributed by atoms with E-state index in [1.807, 2.05) is 48.2 Å². The van der Waals surface area contributed by atoms with Crippen LogP contribution in [-0.4, -0.2) is 71.5 Å². The number of nitrogens with one attached hydrogen (secondary N) is 2. The van der Waals surface area contributed by atoms with Gasteiger partial charge in [0.25, 0.3) is 11.8 Å². The molecule has 3 aliphatic rings. The van der Waals surface area contributed by atoms with Gasteiger partial charge in [0.1, 0.15) is 11.6 Å². The normalized spacial score (nSPS) is 18.8. The number of anilines is 1. The van der Waals surface area contributed by atoms with Crippen LogP contribution in [0.5, 0.6) is 5.75 Å². The van der Waals surface area contributed by atoms with Crippen LogP contribution in [0.4, 0.5) is 10.6 Å². The fourth-order valence-corrected chi connectivity index (χ4v) is 6.83. The molecular formula is C36H31N5O4S. The highest BCUT2D eigenvalue weighted by Crippen LogP contribution is 2.29. The third-order valence-corrected chi connectivity index (χ3v) is 9.40. The first kappa shape index (κ1) is 29.4. The van der Waals surface area contributed by atoms with Crippen LogP contribution in [0.1, 0.15) is 21.5 Å². The van der Waals surface area contributed by atoms with Crippen molar-refractivity contribution < 1.29 is 19.1 Å². The summed E-state index contributed by atoms with van der Waals surface area (Å²) in [5, 5.41) is 4.94. The lowest BCUT2D eigenvalue weighted by molar-refractivity contribution is -0.122. The minimum atomic E-state index is -1.58. The number of rotatable bonds is 6. The topological polar surface area (TPSA) is 104 Å². The maximum atomic E-state index is 13.2. The van der Waals surface area contributed by atoms with Gasteiger partial charge in [0.2, 0.25) is 5.54 Å². The van der Waals surface area contributed by atoms with Crippen molar-refractivity contribution in [3.8, 4) is 40.0 Å². The number of aromatic nitrogens is 1. The lowest BCUT2D eigenvalue weighted by atomic mass is 9.98. The fraction of sp³-hybridized carbons (Fsp3) is 0.222. The van der Waals surface area contributed by atoms with Crippen LogP contribution in [-0.2, 0) is 11.3 Å². The van der Waals surface area contributed by atoms with Gasteiger partial charge in [0, 0.05) is 47.8 Å². The van der Waals surface area contributed by atoms with E-state index in [-0.39, 0.29) is 12.5 Å². The summed E-state index contributed by atoms with van der Waals surface area (Å²) in [4.78, 5) is 47.2. The first-order chi connectivity index (χ1) is 22.4. The van der Waals surface area contributed by atoms with Crippen molar-refractivity contribution in [2.45, 2.75) is 12.1 Å². The van der Waals surface area contributed by atoms with Gasteiger partial charge in [0.15, 0.2) is 0 Å². The summed E-state index contributed by atoms with van der Waals surface area (Å²) >= 11 is 1.98. The molecule has 1 atom stereocenters. The van der Waals surface area contributed by atoms with Crippen molar-refractivity contribution in [2.24, 2.45) is 0 Å². The molecule has 4 aromatic rings. The second-order valence-corrected chi connectivity index (χ2v) is 12.6. The van der Waals surface area contributed by atoms with E-state index in [1.165, 1.54) is 12.0 Å². The fourth-order valence-electron chi connectivity index (χ4n) is 5.92. The van der Waals surface area contributed by atoms with E-state index in [2.05, 4.69) is 63.8 Å². The number of carbonyl (C=O) groups is 3. The molecule has 2 fully saturated rings. The first-order valence-electron chi connectivity index (χ1n) is 15.0. The quantitative estimate of drug-likeness (QED) is 0.238. The van der Waals surface area contributed by atoms with Gasteiger partial charge in [-0.3, -0.25) is 14.9 Å². The number of imide groups is 1. The Balaban J connectivity index is 1.07. The molecule has 4 amide bonds. The van der Waals surface area contributed by atoms with Gasteiger partial charge in [-0.15, -0.1) is 0 Å². The van der Waals surface area contributed by atoms with E-state index in [0.717, 1.165) is 58.4 Å². The number of carbonyl (C=O) groups excluding carboxylic acids is 3. The molecule has 46 heavy (non-hydrogen) atoms. The maximum Gasteiger partial charge on any atom is 0.323 e. The van der Waals surface area contributed by atoms with Gasteiger partial charge in [-0.25, -0.2) is 9.78 Å². The Labute approximate surface area is 271 Å². The Kier molecular flexibility index (Phi) is 7.84. The van der Waals surface area contributed by atoms with Crippen molar-refractivity contribution in [1.29, 1.82) is 0 Å². The van der Waals surface area contributed by atoms with Gasteiger partial charge in [-0.05, 0) is 53.1 Å². The van der Waals surface area contributed by atoms with Crippen molar-refractivity contribution >= 4 is 35.4 Å². The maximum absolute atomic E-state index is 13.2. The zero-order valence-corrected chi connectivity index (χ0v) is 26.0. The zero-order valence-electron chi connectivity index (χ0n) is 25.2. The summed E-state index contributed by atoms with van der Waals surface area (Å²) in [6.07, 6.45) is 0. The van der Waals surface area contributed by atoms with Crippen LogP contribution in [0.25, 0.3) is 22.4 Å². The van der Waals surface area contributed by atoms with Gasteiger partial charge in [-0.2, -0.15) is 11.8 Å². The van der Waals surface area contributed by atoms with Gasteiger partial charge in [0.05, 0.1) is 19.3 Å². The highest BCUT2D eigenvalue weighted by Gasteiger charge is 2.48. The van der Waals surface area contributed by atoms with Crippen molar-refractivity contribution in [2.75, 3.05) is 43.1 Å². The molecule has 1 aromatic heterocycles. The van der Waals surface area contributed by atoms with Crippen LogP contribution in [0.15, 0.2) is 84.9 Å². The molecule has 0 bridgehead atoms. The summed E-state index contributed by atoms with van der Waals surface area (Å²) in [7, 11) is 1.54. The average molecular weight is 630 g/mol. The third kappa shape index (κ3) is 5.77. The number of ether oxygens (including phenoxy) is 1. The molecule has 230 valence electrons. The molecule has 2 saturated heterocycles. The molecule has 4 heterocycles. The smallest absolute Gasteiger partial charge is 0.323 e. The van der Waals surface area contributed by atoms with Gasteiger partial charge >= 0.3 is 6.03 Å². The minimum absolute atomic E-state index is 0.0906. The average Bonchev–Trinajstić information content (AvgIpc) is 3.56. The highest BCUT2D eigenvalue weighted by molar-refractivity contribution is 7.99. The Bertz CT molecular complexity index is 1890. The number of nitrogens with zero attached hydrogens (tertiary/aromatic N) is 3. The summed E-state index contributed by atoms with van der Waals surface area (Å²) in [5.74, 6) is 9.05. The molecule has 2 N–H and O–H groups in total. The number of hydrogen-bond acceptors (Lipinski definition) is 7. The second kappa shape index (κ2) is 12.3. The summed E-state index contributed by atoms with van der Waals surface area (Å²) < 4.78 is 5.26. The molecule has 0 unspecified atom stereocenters. The Morgan fingerprint density at radius 1 is 0.913 bits per heavy atom. The molecule has 9 nitrogen and oxygen atoms in total. The molecule has 7 rings (SSSR count). The predicted octanol–water partition coefficient (Wildman–Crippen LogP) is 4.56. The molecule has 0 saturated carbocycles. The lowest BCUT2D eigenvalue weighted by Gasteiger charge is -2.27. The summed E-state index contributed by atoms with van der Waals surface area (Å²) in [5.41, 5.74) is 4.50. The number of methoxy groups -OCH3 is 1. The molecule has 3 aromatic carbocycles. The highest BCUT2D eigenvalue weighted by atomic mass is 32.2. The van der Waals surface area contributed by atoms with Crippen LogP contribution < -0.4 is 20.3 Å². The SMILES string of the molecule is COc1ccc2c(c1)C(=O)N(C[C@@]1(C#Cc3ccc(-c4ccc(-c5cccc(N6CCSCC6)n5)cc4)cc3)NC(=O)NC1=O)C2. The Hall–Kier alpha value is -5.27. The van der Waals surface area contributed by atoms with Gasteiger partial charge in [-0.1, -0.05) is 60.4 Å². The van der Waals surface area contributed by atoms with E-state index >= 15 is 0 Å². The molecule has 0 radical (unpaired) electrons. The standard InChI is InChI=1S/C36H31N5O4S/c1-45-29-14-13-28-22-41(33(42)30(28)21-29)23-36(34(43)38-35(44)39-36)16-15-24-5-7-25(8-6-24)26-9-11-27(12-10-26)31-3-2-4-32(37-31)40-17-19-46-20-18-40/h2-14,21H,17-20,22-23H2,1H3,(H2,38,39,43,44)/t36-/m1/s1. The van der Waals surface area contributed by atoms with Crippen molar-refractivity contribution in [3.05, 3.63) is 102 Å². The lowest BCUT2D eigenvalue weighted by Crippen LogP contribution is -2.54. The van der Waals surface area contributed by atoms with E-state index in [1.54, 1.807) is 12.1 Å². The third-order valence-electron chi connectivity index (χ3n) is 8.45. The largest absolute Gasteiger partial charge is 0.497 e. The van der Waals surface area contributed by atoms with Crippen LogP contribution in [0.2, 0.25) is 0 Å². The predicted molar refractivity (Wildman–Crippen MR) is 179 cm³/mol. The van der Waals surface area contributed by atoms with Crippen LogP contribution >= 0.6 is 11.8 Å². The number of benzene rings is 3. The molecule has 0 spiro atoms. The second-order valence-electron chi connectivity index (χ2n) is 11.4. The number of hydrogen-bond donors (Lipinski definition) is 2. The number of amides is 4. The monoisotopic (exact) mass is 629 g/mol. The van der Waals surface area contributed by atoms with Crippen LogP contribution in [0, 0.1) is 11.8 Å². The number of thioether (sulfide) groups is 1. The van der Waals surface area contributed by atoms with Gasteiger partial charge < -0.3 is 19.9 Å². The first-order valence-corrected chi connectivity index (χ1v) is 16.2. The van der Waals surface area contributed by atoms with Crippen molar-refractivity contribution in [1.82, 2.24) is 20.5 Å². The minimum Gasteiger partial charge on any atom is -0.497 e. The van der Waals surface area contributed by atoms with E-state index in [0.29, 0.717) is 23.4 Å². The van der Waals surface area contributed by atoms with E-state index < -0.39 is 17.5 Å². The van der Waals surface area contributed by atoms with E-state index in [4.69, 9.17) is 9.72 Å². The molecule has 10 heteroatoms. The molecular weight excluding hydrogens is 598 g/mol. The number of fused-ring (bicyclic) bond motifs is 1. The zero-order chi connectivity index (χ0) is 31.7. The Morgan fingerprint density at radius 3 is 2.33 bits per heavy atom. The summed E-state index contributed by atoms with van der Waals surface area (Å²) in [6.45, 7) is 2.25. The summed E-state index contributed by atoms with van der Waals surface area (Å²) in [6, 6.07) is 26.9. The van der Waals surface area contributed by atoms with Crippen LogP contribution in [0.3, 0.4) is 0 Å². The molecule has 3 aliphatic heterocycles. The number of pyridine rings is 1.